The molecule has 1 aromatic carbocycles. The van der Waals surface area contributed by atoms with Crippen molar-refractivity contribution in [2.24, 2.45) is 0 Å². The fraction of sp³-hybridized carbons (Fsp3) is 0.238. The number of nitrogens with one attached hydrogen (secondary N) is 1. The fourth-order valence-electron chi connectivity index (χ4n) is 3.72. The van der Waals surface area contributed by atoms with Crippen LogP contribution in [0.15, 0.2) is 36.5 Å². The lowest BCUT2D eigenvalue weighted by Crippen LogP contribution is -2.49. The molecule has 0 spiro atoms. The van der Waals surface area contributed by atoms with Gasteiger partial charge in [0.2, 0.25) is 0 Å². The zero-order valence-corrected chi connectivity index (χ0v) is 15.5. The maximum absolute atomic E-state index is 12.8. The zero-order chi connectivity index (χ0) is 19.7. The molecular formula is C21H19N5O2. The first kappa shape index (κ1) is 17.7. The predicted molar refractivity (Wildman–Crippen MR) is 105 cm³/mol. The summed E-state index contributed by atoms with van der Waals surface area (Å²) in [5, 5.41) is 10.5. The number of aldehydes is 1. The van der Waals surface area contributed by atoms with Gasteiger partial charge in [0, 0.05) is 43.5 Å². The highest BCUT2D eigenvalue weighted by atomic mass is 16.2. The lowest BCUT2D eigenvalue weighted by atomic mass is 10.1. The van der Waals surface area contributed by atoms with Crippen LogP contribution in [-0.4, -0.2) is 53.2 Å². The number of nitriles is 1. The van der Waals surface area contributed by atoms with Crippen LogP contribution in [0.1, 0.15) is 32.1 Å². The minimum atomic E-state index is -0.0819. The predicted octanol–water partition coefficient (Wildman–Crippen LogP) is 2.52. The van der Waals surface area contributed by atoms with Crippen LogP contribution in [0.4, 0.5) is 5.69 Å². The van der Waals surface area contributed by atoms with E-state index in [4.69, 9.17) is 0 Å². The number of para-hydroxylation sites is 1. The number of benzene rings is 1. The first-order chi connectivity index (χ1) is 13.6. The number of fused-ring (bicyclic) bond motifs is 1. The van der Waals surface area contributed by atoms with Crippen molar-refractivity contribution >= 4 is 28.8 Å². The summed E-state index contributed by atoms with van der Waals surface area (Å²) in [7, 11) is 0. The van der Waals surface area contributed by atoms with Crippen molar-refractivity contribution in [2.45, 2.75) is 6.92 Å². The molecule has 28 heavy (non-hydrogen) atoms. The number of nitrogens with zero attached hydrogens (tertiary/aromatic N) is 4. The molecule has 7 nitrogen and oxygen atoms in total. The van der Waals surface area contributed by atoms with E-state index in [0.29, 0.717) is 55.0 Å². The molecule has 1 aliphatic rings. The van der Waals surface area contributed by atoms with Crippen molar-refractivity contribution < 1.29 is 9.59 Å². The van der Waals surface area contributed by atoms with E-state index in [0.717, 1.165) is 16.6 Å². The van der Waals surface area contributed by atoms with Gasteiger partial charge in [0.25, 0.3) is 5.91 Å². The minimum Gasteiger partial charge on any atom is -0.366 e. The fourth-order valence-corrected chi connectivity index (χ4v) is 3.72. The van der Waals surface area contributed by atoms with Crippen LogP contribution >= 0.6 is 0 Å². The SMILES string of the molecule is Cc1[nH]c(C=O)cc1C(=O)N1CCN(c2c(C#N)cnc3ccccc23)CC1. The van der Waals surface area contributed by atoms with E-state index in [1.54, 1.807) is 24.1 Å². The molecular weight excluding hydrogens is 354 g/mol. The lowest BCUT2D eigenvalue weighted by Gasteiger charge is -2.37. The van der Waals surface area contributed by atoms with Gasteiger partial charge in [0.1, 0.15) is 6.07 Å². The van der Waals surface area contributed by atoms with E-state index in [1.165, 1.54) is 0 Å². The molecule has 140 valence electrons. The Hall–Kier alpha value is -3.66. The lowest BCUT2D eigenvalue weighted by molar-refractivity contribution is 0.0746. The van der Waals surface area contributed by atoms with Crippen molar-refractivity contribution in [3.05, 3.63) is 59.0 Å². The van der Waals surface area contributed by atoms with Crippen molar-refractivity contribution in [1.82, 2.24) is 14.9 Å². The number of pyridine rings is 1. The highest BCUT2D eigenvalue weighted by Crippen LogP contribution is 2.30. The van der Waals surface area contributed by atoms with Gasteiger partial charge in [0.15, 0.2) is 6.29 Å². The molecule has 0 radical (unpaired) electrons. The number of carbonyl (C=O) groups excluding carboxylic acids is 2. The van der Waals surface area contributed by atoms with Crippen LogP contribution < -0.4 is 4.90 Å². The second-order valence-corrected chi connectivity index (χ2v) is 6.81. The number of aryl methyl sites for hydroxylation is 1. The largest absolute Gasteiger partial charge is 0.366 e. The highest BCUT2D eigenvalue weighted by Gasteiger charge is 2.26. The van der Waals surface area contributed by atoms with Crippen LogP contribution in [0.5, 0.6) is 0 Å². The summed E-state index contributed by atoms with van der Waals surface area (Å²) in [4.78, 5) is 35.0. The van der Waals surface area contributed by atoms with E-state index in [2.05, 4.69) is 20.9 Å². The topological polar surface area (TPSA) is 93.1 Å². The van der Waals surface area contributed by atoms with Crippen molar-refractivity contribution in [1.29, 1.82) is 5.26 Å². The second-order valence-electron chi connectivity index (χ2n) is 6.81. The number of H-pyrrole nitrogens is 1. The summed E-state index contributed by atoms with van der Waals surface area (Å²) in [5.41, 5.74) is 3.89. The Bertz CT molecular complexity index is 1100. The first-order valence-corrected chi connectivity index (χ1v) is 9.09. The maximum Gasteiger partial charge on any atom is 0.255 e. The van der Waals surface area contributed by atoms with Gasteiger partial charge in [-0.1, -0.05) is 18.2 Å². The summed E-state index contributed by atoms with van der Waals surface area (Å²) < 4.78 is 0. The van der Waals surface area contributed by atoms with Crippen LogP contribution in [0, 0.1) is 18.3 Å². The average molecular weight is 373 g/mol. The first-order valence-electron chi connectivity index (χ1n) is 9.09. The van der Waals surface area contributed by atoms with Crippen LogP contribution in [0.2, 0.25) is 0 Å². The molecule has 1 fully saturated rings. The van der Waals surface area contributed by atoms with E-state index in [1.807, 2.05) is 24.3 Å². The second kappa shape index (κ2) is 7.16. The normalized spacial score (nSPS) is 14.1. The number of aromatic amines is 1. The Kier molecular flexibility index (Phi) is 4.53. The number of rotatable bonds is 3. The van der Waals surface area contributed by atoms with Crippen LogP contribution in [0.3, 0.4) is 0 Å². The number of carbonyl (C=O) groups is 2. The molecule has 0 unspecified atom stereocenters. The van der Waals surface area contributed by atoms with Gasteiger partial charge >= 0.3 is 0 Å². The summed E-state index contributed by atoms with van der Waals surface area (Å²) >= 11 is 0. The molecule has 0 bridgehead atoms. The van der Waals surface area contributed by atoms with Gasteiger partial charge in [-0.2, -0.15) is 5.26 Å². The van der Waals surface area contributed by atoms with Gasteiger partial charge in [-0.25, -0.2) is 0 Å². The number of piperazine rings is 1. The molecule has 0 atom stereocenters. The van der Waals surface area contributed by atoms with E-state index < -0.39 is 0 Å². The van der Waals surface area contributed by atoms with Crippen molar-refractivity contribution in [3.8, 4) is 6.07 Å². The molecule has 1 saturated heterocycles. The van der Waals surface area contributed by atoms with Crippen molar-refractivity contribution in [3.63, 3.8) is 0 Å². The number of hydrogen-bond donors (Lipinski definition) is 1. The smallest absolute Gasteiger partial charge is 0.255 e. The Morgan fingerprint density at radius 1 is 1.25 bits per heavy atom. The third-order valence-corrected chi connectivity index (χ3v) is 5.14. The van der Waals surface area contributed by atoms with Gasteiger partial charge in [-0.15, -0.1) is 0 Å². The van der Waals surface area contributed by atoms with Crippen LogP contribution in [-0.2, 0) is 0 Å². The third-order valence-electron chi connectivity index (χ3n) is 5.14. The molecule has 1 N–H and O–H groups in total. The number of aromatic nitrogens is 2. The summed E-state index contributed by atoms with van der Waals surface area (Å²) in [5.74, 6) is -0.0819. The summed E-state index contributed by atoms with van der Waals surface area (Å²) in [6.07, 6.45) is 2.32. The van der Waals surface area contributed by atoms with E-state index in [9.17, 15) is 14.9 Å². The molecule has 3 heterocycles. The summed E-state index contributed by atoms with van der Waals surface area (Å²) in [6.45, 7) is 4.12. The molecule has 1 amide bonds. The Morgan fingerprint density at radius 3 is 2.68 bits per heavy atom. The Morgan fingerprint density at radius 2 is 2.00 bits per heavy atom. The van der Waals surface area contributed by atoms with Gasteiger partial charge < -0.3 is 14.8 Å². The maximum atomic E-state index is 12.8. The monoisotopic (exact) mass is 373 g/mol. The van der Waals surface area contributed by atoms with E-state index in [-0.39, 0.29) is 5.91 Å². The third kappa shape index (κ3) is 2.99. The Labute approximate surface area is 162 Å². The zero-order valence-electron chi connectivity index (χ0n) is 15.5. The molecule has 7 heteroatoms. The molecule has 1 aliphatic heterocycles. The van der Waals surface area contributed by atoms with Gasteiger partial charge in [-0.05, 0) is 19.1 Å². The number of anilines is 1. The van der Waals surface area contributed by atoms with Crippen molar-refractivity contribution in [2.75, 3.05) is 31.1 Å². The Balaban J connectivity index is 1.57. The van der Waals surface area contributed by atoms with Gasteiger partial charge in [-0.3, -0.25) is 14.6 Å². The summed E-state index contributed by atoms with van der Waals surface area (Å²) in [6, 6.07) is 11.6. The molecule has 4 rings (SSSR count). The highest BCUT2D eigenvalue weighted by molar-refractivity contribution is 5.98. The standard InChI is InChI=1S/C21H19N5O2/c1-14-18(10-16(13-27)24-14)21(28)26-8-6-25(7-9-26)20-15(11-22)12-23-19-5-3-2-4-17(19)20/h2-5,10,12-13,24H,6-9H2,1H3. The molecule has 0 saturated carbocycles. The number of amides is 1. The number of hydrogen-bond acceptors (Lipinski definition) is 5. The molecule has 3 aromatic rings. The minimum absolute atomic E-state index is 0.0819. The molecule has 0 aliphatic carbocycles. The average Bonchev–Trinajstić information content (AvgIpc) is 3.13. The van der Waals surface area contributed by atoms with E-state index >= 15 is 0 Å². The quantitative estimate of drug-likeness (QED) is 0.712. The molecule has 2 aromatic heterocycles. The van der Waals surface area contributed by atoms with Crippen LogP contribution in [0.25, 0.3) is 10.9 Å². The van der Waals surface area contributed by atoms with Gasteiger partial charge in [0.05, 0.1) is 28.0 Å².